The second-order valence-electron chi connectivity index (χ2n) is 15.0. The third-order valence-corrected chi connectivity index (χ3v) is 10.2. The van der Waals surface area contributed by atoms with Crippen molar-refractivity contribution in [1.29, 1.82) is 0 Å². The van der Waals surface area contributed by atoms with Gasteiger partial charge in [0.1, 0.15) is 36.8 Å². The third kappa shape index (κ3) is 32.0. The number of esters is 2. The highest BCUT2D eigenvalue weighted by molar-refractivity contribution is 7.85. The molecule has 0 aromatic carbocycles. The standard InChI is InChI=1S/C48H76O12S/c1-3-5-7-9-11-13-15-17-19-20-21-22-23-25-27-29-31-33-35-37-44(50)59-41(39-58-48-47(53)46(52)45(51)42(60-48)40-61(54,55)56)38-57-43(49)36-34-32-30-28-26-24-18-16-14-12-10-8-6-4-2/h5,7,10-13,16-19,21-22,25,27,31,33,41-42,45-48,51-53H,3-4,6,8-9,14-15,20,23-24,26,28-30,32,34-40H2,1-2H3,(H,54,55,56)/b7-5-,12-10-,13-11-,18-16-,19-17-,22-21-,27-25-,33-31-. The monoisotopic (exact) mass is 877 g/mol. The van der Waals surface area contributed by atoms with Crippen LogP contribution in [0.5, 0.6) is 0 Å². The lowest BCUT2D eigenvalue weighted by molar-refractivity contribution is -0.297. The summed E-state index contributed by atoms with van der Waals surface area (Å²) in [6.45, 7) is 3.51. The Morgan fingerprint density at radius 3 is 1.61 bits per heavy atom. The Balaban J connectivity index is 2.53. The molecule has 61 heavy (non-hydrogen) atoms. The van der Waals surface area contributed by atoms with Crippen LogP contribution in [-0.4, -0.2) is 96.0 Å². The van der Waals surface area contributed by atoms with Crippen molar-refractivity contribution in [3.63, 3.8) is 0 Å². The smallest absolute Gasteiger partial charge is 0.306 e. The minimum atomic E-state index is -4.62. The molecule has 0 bridgehead atoms. The molecule has 6 unspecified atom stereocenters. The van der Waals surface area contributed by atoms with E-state index < -0.39 is 71.2 Å². The summed E-state index contributed by atoms with van der Waals surface area (Å²) in [7, 11) is -4.62. The van der Waals surface area contributed by atoms with Crippen molar-refractivity contribution in [2.45, 2.75) is 173 Å². The van der Waals surface area contributed by atoms with Gasteiger partial charge in [-0.15, -0.1) is 0 Å². The van der Waals surface area contributed by atoms with Crippen LogP contribution < -0.4 is 0 Å². The van der Waals surface area contributed by atoms with Gasteiger partial charge in [0.05, 0.1) is 6.61 Å². The maximum absolute atomic E-state index is 12.8. The summed E-state index contributed by atoms with van der Waals surface area (Å²) in [6.07, 6.45) is 40.3. The zero-order chi connectivity index (χ0) is 44.8. The molecular formula is C48H76O12S. The molecule has 346 valence electrons. The molecule has 1 aliphatic heterocycles. The fraction of sp³-hybridized carbons (Fsp3) is 0.625. The molecule has 0 saturated carbocycles. The van der Waals surface area contributed by atoms with Crippen molar-refractivity contribution < 1.29 is 56.8 Å². The number of aliphatic hydroxyl groups excluding tert-OH is 3. The summed E-state index contributed by atoms with van der Waals surface area (Å²) in [6, 6.07) is 0. The Hall–Kier alpha value is -3.43. The van der Waals surface area contributed by atoms with E-state index in [1.807, 2.05) is 18.2 Å². The van der Waals surface area contributed by atoms with Gasteiger partial charge in [-0.1, -0.05) is 143 Å². The van der Waals surface area contributed by atoms with Crippen LogP contribution >= 0.6 is 0 Å². The van der Waals surface area contributed by atoms with Crippen molar-refractivity contribution >= 4 is 22.1 Å². The van der Waals surface area contributed by atoms with E-state index in [4.69, 9.17) is 18.9 Å². The van der Waals surface area contributed by atoms with Gasteiger partial charge in [-0.3, -0.25) is 14.1 Å². The van der Waals surface area contributed by atoms with E-state index in [9.17, 15) is 37.9 Å². The Morgan fingerprint density at radius 2 is 1.07 bits per heavy atom. The Bertz CT molecular complexity index is 1490. The lowest BCUT2D eigenvalue weighted by Gasteiger charge is -2.40. The second-order valence-corrected chi connectivity index (χ2v) is 16.5. The van der Waals surface area contributed by atoms with Gasteiger partial charge < -0.3 is 34.3 Å². The molecule has 1 saturated heterocycles. The first-order chi connectivity index (χ1) is 29.5. The predicted molar refractivity (Wildman–Crippen MR) is 242 cm³/mol. The molecule has 4 N–H and O–H groups in total. The zero-order valence-corrected chi connectivity index (χ0v) is 37.5. The highest BCUT2D eigenvalue weighted by atomic mass is 32.2. The Kier molecular flexibility index (Phi) is 33.9. The van der Waals surface area contributed by atoms with E-state index in [0.717, 1.165) is 77.0 Å². The number of allylic oxidation sites excluding steroid dienone is 16. The number of carbonyl (C=O) groups is 2. The Morgan fingerprint density at radius 1 is 0.574 bits per heavy atom. The SMILES string of the molecule is CC/C=C\C/C=C\C/C=C\C/C=C\C/C=C\C/C=C\CCC(=O)OC(COC(=O)CCCCCCC/C=C\C/C=C\CCCC)COC1OC(CS(=O)(=O)O)C(O)C(O)C1O. The summed E-state index contributed by atoms with van der Waals surface area (Å²) in [5.41, 5.74) is 0. The van der Waals surface area contributed by atoms with E-state index in [1.165, 1.54) is 12.8 Å². The first-order valence-electron chi connectivity index (χ1n) is 22.3. The van der Waals surface area contributed by atoms with Gasteiger partial charge in [-0.25, -0.2) is 0 Å². The molecule has 0 aromatic rings. The molecule has 1 aliphatic rings. The number of aliphatic hydroxyl groups is 3. The van der Waals surface area contributed by atoms with Gasteiger partial charge in [0.25, 0.3) is 10.1 Å². The van der Waals surface area contributed by atoms with Crippen LogP contribution in [0.4, 0.5) is 0 Å². The molecule has 0 aliphatic carbocycles. The fourth-order valence-electron chi connectivity index (χ4n) is 5.95. The highest BCUT2D eigenvalue weighted by Gasteiger charge is 2.46. The topological polar surface area (TPSA) is 186 Å². The summed E-state index contributed by atoms with van der Waals surface area (Å²) >= 11 is 0. The first kappa shape index (κ1) is 55.6. The van der Waals surface area contributed by atoms with Crippen LogP contribution in [0.15, 0.2) is 97.2 Å². The van der Waals surface area contributed by atoms with Crippen molar-refractivity contribution in [2.75, 3.05) is 19.0 Å². The van der Waals surface area contributed by atoms with Gasteiger partial charge in [0, 0.05) is 12.8 Å². The van der Waals surface area contributed by atoms with Crippen molar-refractivity contribution in [2.24, 2.45) is 0 Å². The summed E-state index contributed by atoms with van der Waals surface area (Å²) < 4.78 is 53.9. The summed E-state index contributed by atoms with van der Waals surface area (Å²) in [5, 5.41) is 30.9. The molecule has 0 aromatic heterocycles. The van der Waals surface area contributed by atoms with E-state index >= 15 is 0 Å². The molecule has 12 nitrogen and oxygen atoms in total. The van der Waals surface area contributed by atoms with Gasteiger partial charge in [0.2, 0.25) is 0 Å². The molecule has 13 heteroatoms. The van der Waals surface area contributed by atoms with Crippen LogP contribution in [0.25, 0.3) is 0 Å². The van der Waals surface area contributed by atoms with Crippen LogP contribution in [-0.2, 0) is 38.7 Å². The maximum atomic E-state index is 12.8. The average molecular weight is 877 g/mol. The van der Waals surface area contributed by atoms with E-state index in [0.29, 0.717) is 19.3 Å². The van der Waals surface area contributed by atoms with Crippen LogP contribution in [0.2, 0.25) is 0 Å². The molecule has 1 fully saturated rings. The number of hydrogen-bond acceptors (Lipinski definition) is 11. The second kappa shape index (κ2) is 37.2. The first-order valence-corrected chi connectivity index (χ1v) is 23.9. The average Bonchev–Trinajstić information content (AvgIpc) is 3.22. The van der Waals surface area contributed by atoms with E-state index in [2.05, 4.69) is 92.8 Å². The fourth-order valence-corrected chi connectivity index (χ4v) is 6.64. The number of rotatable bonds is 35. The van der Waals surface area contributed by atoms with E-state index in [-0.39, 0.29) is 19.4 Å². The lowest BCUT2D eigenvalue weighted by atomic mass is 10.00. The quantitative estimate of drug-likeness (QED) is 0.0205. The molecule has 0 spiro atoms. The number of ether oxygens (including phenoxy) is 4. The zero-order valence-electron chi connectivity index (χ0n) is 36.7. The largest absolute Gasteiger partial charge is 0.462 e. The molecule has 0 radical (unpaired) electrons. The minimum Gasteiger partial charge on any atom is -0.462 e. The van der Waals surface area contributed by atoms with Crippen LogP contribution in [0.1, 0.15) is 136 Å². The lowest BCUT2D eigenvalue weighted by Crippen LogP contribution is -2.60. The number of carbonyl (C=O) groups excluding carboxylic acids is 2. The molecular weight excluding hydrogens is 801 g/mol. The Labute approximate surface area is 366 Å². The van der Waals surface area contributed by atoms with Gasteiger partial charge in [-0.2, -0.15) is 8.42 Å². The molecule has 0 amide bonds. The predicted octanol–water partition coefficient (Wildman–Crippen LogP) is 9.05. The molecule has 1 rings (SSSR count). The maximum Gasteiger partial charge on any atom is 0.306 e. The summed E-state index contributed by atoms with van der Waals surface area (Å²) in [5.74, 6) is -2.13. The third-order valence-electron chi connectivity index (χ3n) is 9.41. The van der Waals surface area contributed by atoms with E-state index in [1.54, 1.807) is 0 Å². The normalized spacial score (nSPS) is 20.9. The number of hydrogen-bond donors (Lipinski definition) is 4. The molecule has 1 heterocycles. The highest BCUT2D eigenvalue weighted by Crippen LogP contribution is 2.24. The van der Waals surface area contributed by atoms with Crippen LogP contribution in [0, 0.1) is 0 Å². The van der Waals surface area contributed by atoms with Crippen molar-refractivity contribution in [3.05, 3.63) is 97.2 Å². The van der Waals surface area contributed by atoms with Gasteiger partial charge in [-0.05, 0) is 77.0 Å². The van der Waals surface area contributed by atoms with Gasteiger partial charge in [0.15, 0.2) is 12.4 Å². The van der Waals surface area contributed by atoms with Gasteiger partial charge >= 0.3 is 11.9 Å². The van der Waals surface area contributed by atoms with Crippen molar-refractivity contribution in [3.8, 4) is 0 Å². The molecule has 6 atom stereocenters. The van der Waals surface area contributed by atoms with Crippen molar-refractivity contribution in [1.82, 2.24) is 0 Å². The van der Waals surface area contributed by atoms with Crippen LogP contribution in [0.3, 0.4) is 0 Å². The number of unbranched alkanes of at least 4 members (excludes halogenated alkanes) is 7. The minimum absolute atomic E-state index is 0.0302. The summed E-state index contributed by atoms with van der Waals surface area (Å²) in [4.78, 5) is 25.4.